The molecule has 4 aliphatic carbocycles. The van der Waals surface area contributed by atoms with E-state index in [0.29, 0.717) is 53.5 Å². The van der Waals surface area contributed by atoms with Crippen LogP contribution in [-0.4, -0.2) is 11.6 Å². The van der Waals surface area contributed by atoms with Gasteiger partial charge >= 0.3 is 0 Å². The van der Waals surface area contributed by atoms with Crippen molar-refractivity contribution < 1.29 is 9.59 Å². The molecule has 2 nitrogen and oxygen atoms in total. The third-order valence-corrected chi connectivity index (χ3v) is 9.48. The van der Waals surface area contributed by atoms with Crippen LogP contribution in [0.25, 0.3) is 0 Å². The van der Waals surface area contributed by atoms with E-state index < -0.39 is 0 Å². The number of fused-ring (bicyclic) bond motifs is 5. The largest absolute Gasteiger partial charge is 0.300 e. The number of allylic oxidation sites excluding steroid dienone is 2. The molecule has 0 radical (unpaired) electrons. The van der Waals surface area contributed by atoms with Gasteiger partial charge in [-0.05, 0) is 79.4 Å². The molecule has 0 bridgehead atoms. The second kappa shape index (κ2) is 6.31. The molecule has 0 aromatic heterocycles. The Morgan fingerprint density at radius 1 is 1.00 bits per heavy atom. The Hall–Kier alpha value is -0.920. The number of hydrogen-bond acceptors (Lipinski definition) is 2. The van der Waals surface area contributed by atoms with Crippen molar-refractivity contribution >= 4 is 11.6 Å². The highest BCUT2D eigenvalue weighted by Gasteiger charge is 2.62. The summed E-state index contributed by atoms with van der Waals surface area (Å²) in [4.78, 5) is 25.1. The molecule has 4 saturated carbocycles. The first-order chi connectivity index (χ1) is 12.3. The molecule has 144 valence electrons. The molecule has 0 saturated heterocycles. The Morgan fingerprint density at radius 3 is 2.46 bits per heavy atom. The first kappa shape index (κ1) is 18.4. The smallest absolute Gasteiger partial charge is 0.137 e. The van der Waals surface area contributed by atoms with E-state index in [2.05, 4.69) is 39.8 Å². The van der Waals surface area contributed by atoms with E-state index >= 15 is 0 Å². The maximum atomic E-state index is 13.1. The molecule has 0 aromatic rings. The first-order valence-electron chi connectivity index (χ1n) is 11.0. The minimum atomic E-state index is 0.0218. The van der Waals surface area contributed by atoms with E-state index in [9.17, 15) is 9.59 Å². The van der Waals surface area contributed by atoms with Gasteiger partial charge in [-0.2, -0.15) is 0 Å². The van der Waals surface area contributed by atoms with Gasteiger partial charge in [0.05, 0.1) is 0 Å². The van der Waals surface area contributed by atoms with Gasteiger partial charge in [-0.1, -0.05) is 32.9 Å². The third-order valence-electron chi connectivity index (χ3n) is 9.48. The van der Waals surface area contributed by atoms with Crippen molar-refractivity contribution in [1.82, 2.24) is 0 Å². The van der Waals surface area contributed by atoms with E-state index in [1.165, 1.54) is 25.7 Å². The molecule has 0 N–H and O–H groups in total. The van der Waals surface area contributed by atoms with Gasteiger partial charge in [-0.3, -0.25) is 9.59 Å². The molecule has 2 heteroatoms. The highest BCUT2D eigenvalue weighted by Crippen LogP contribution is 2.67. The van der Waals surface area contributed by atoms with Gasteiger partial charge in [-0.15, -0.1) is 0 Å². The monoisotopic (exact) mass is 356 g/mol. The van der Waals surface area contributed by atoms with Crippen molar-refractivity contribution in [3.05, 3.63) is 12.2 Å². The van der Waals surface area contributed by atoms with Crippen molar-refractivity contribution in [3.8, 4) is 0 Å². The maximum absolute atomic E-state index is 13.1. The quantitative estimate of drug-likeness (QED) is 0.603. The molecule has 0 heterocycles. The van der Waals surface area contributed by atoms with Crippen molar-refractivity contribution in [2.24, 2.45) is 46.3 Å². The van der Waals surface area contributed by atoms with Crippen LogP contribution in [0, 0.1) is 46.3 Å². The second-order valence-electron chi connectivity index (χ2n) is 10.5. The fourth-order valence-corrected chi connectivity index (χ4v) is 8.18. The SMILES string of the molecule is CC=C[C@H](C)[C@H]1CCC2C3CC(=O)C4CC(=O)CC[C@]4(C)C3CC[C@@]21C. The van der Waals surface area contributed by atoms with Crippen LogP contribution < -0.4 is 0 Å². The summed E-state index contributed by atoms with van der Waals surface area (Å²) in [6.07, 6.45) is 12.7. The standard InChI is InChI=1S/C24H36O2/c1-5-6-15(2)18-7-8-19-17-14-22(26)21-13-16(25)9-11-24(21,4)20(17)10-12-23(18,19)3/h5-6,15,17-21H,7-14H2,1-4H3/t15-,17?,18+,19?,20?,21?,23+,24+/m0/s1. The van der Waals surface area contributed by atoms with Crippen LogP contribution in [0.4, 0.5) is 0 Å². The number of carbonyl (C=O) groups excluding carboxylic acids is 2. The van der Waals surface area contributed by atoms with Crippen molar-refractivity contribution in [2.75, 3.05) is 0 Å². The molecule has 0 spiro atoms. The predicted octanol–water partition coefficient (Wildman–Crippen LogP) is 5.61. The molecule has 4 unspecified atom stereocenters. The Kier molecular flexibility index (Phi) is 4.48. The van der Waals surface area contributed by atoms with Gasteiger partial charge in [0.1, 0.15) is 11.6 Å². The van der Waals surface area contributed by atoms with E-state index in [4.69, 9.17) is 0 Å². The van der Waals surface area contributed by atoms with Crippen LogP contribution >= 0.6 is 0 Å². The summed E-state index contributed by atoms with van der Waals surface area (Å²) < 4.78 is 0. The lowest BCUT2D eigenvalue weighted by atomic mass is 9.44. The number of Topliss-reactive ketones (excluding diaryl/α,β-unsaturated/α-hetero) is 2. The molecular formula is C24H36O2. The normalized spacial score (nSPS) is 49.6. The van der Waals surface area contributed by atoms with Gasteiger partial charge in [0, 0.05) is 25.2 Å². The average Bonchev–Trinajstić information content (AvgIpc) is 2.94. The first-order valence-corrected chi connectivity index (χ1v) is 11.0. The van der Waals surface area contributed by atoms with E-state index in [1.54, 1.807) is 0 Å². The molecule has 4 rings (SSSR count). The van der Waals surface area contributed by atoms with Crippen LogP contribution in [0.5, 0.6) is 0 Å². The fourth-order valence-electron chi connectivity index (χ4n) is 8.18. The molecule has 26 heavy (non-hydrogen) atoms. The summed E-state index contributed by atoms with van der Waals surface area (Å²) in [7, 11) is 0. The van der Waals surface area contributed by atoms with Crippen molar-refractivity contribution in [2.45, 2.75) is 79.1 Å². The van der Waals surface area contributed by atoms with Gasteiger partial charge in [0.2, 0.25) is 0 Å². The van der Waals surface area contributed by atoms with E-state index in [0.717, 1.165) is 18.8 Å². The zero-order valence-corrected chi connectivity index (χ0v) is 17.1. The zero-order valence-electron chi connectivity index (χ0n) is 17.1. The molecule has 0 amide bonds. The summed E-state index contributed by atoms with van der Waals surface area (Å²) in [6, 6.07) is 0. The Bertz CT molecular complexity index is 634. The molecule has 0 aromatic carbocycles. The minimum Gasteiger partial charge on any atom is -0.300 e. The highest BCUT2D eigenvalue weighted by atomic mass is 16.1. The molecule has 8 atom stereocenters. The molecule has 4 fully saturated rings. The van der Waals surface area contributed by atoms with Gasteiger partial charge in [0.25, 0.3) is 0 Å². The third kappa shape index (κ3) is 2.50. The molecule has 4 aliphatic rings. The second-order valence-corrected chi connectivity index (χ2v) is 10.5. The summed E-state index contributed by atoms with van der Waals surface area (Å²) >= 11 is 0. The lowest BCUT2D eigenvalue weighted by molar-refractivity contribution is -0.158. The van der Waals surface area contributed by atoms with E-state index in [1.807, 2.05) is 0 Å². The molecule has 0 aliphatic heterocycles. The predicted molar refractivity (Wildman–Crippen MR) is 105 cm³/mol. The van der Waals surface area contributed by atoms with Gasteiger partial charge in [-0.25, -0.2) is 0 Å². The van der Waals surface area contributed by atoms with E-state index in [-0.39, 0.29) is 11.3 Å². The van der Waals surface area contributed by atoms with Crippen LogP contribution in [0.3, 0.4) is 0 Å². The Balaban J connectivity index is 1.64. The summed E-state index contributed by atoms with van der Waals surface area (Å²) in [5.41, 5.74) is 0.482. The van der Waals surface area contributed by atoms with Crippen LogP contribution in [0.1, 0.15) is 79.1 Å². The fraction of sp³-hybridized carbons (Fsp3) is 0.833. The van der Waals surface area contributed by atoms with Gasteiger partial charge in [0.15, 0.2) is 0 Å². The van der Waals surface area contributed by atoms with Crippen LogP contribution in [0.2, 0.25) is 0 Å². The number of hydrogen-bond donors (Lipinski definition) is 0. The Morgan fingerprint density at radius 2 is 1.73 bits per heavy atom. The number of rotatable bonds is 2. The molecular weight excluding hydrogens is 320 g/mol. The van der Waals surface area contributed by atoms with Crippen molar-refractivity contribution in [1.29, 1.82) is 0 Å². The number of ketones is 2. The van der Waals surface area contributed by atoms with Crippen LogP contribution in [-0.2, 0) is 9.59 Å². The lowest BCUT2D eigenvalue weighted by Crippen LogP contribution is -2.56. The van der Waals surface area contributed by atoms with Crippen molar-refractivity contribution in [3.63, 3.8) is 0 Å². The average molecular weight is 357 g/mol. The lowest BCUT2D eigenvalue weighted by Gasteiger charge is -2.59. The summed E-state index contributed by atoms with van der Waals surface area (Å²) in [5, 5.41) is 0. The highest BCUT2D eigenvalue weighted by molar-refractivity contribution is 5.90. The minimum absolute atomic E-state index is 0.0218. The van der Waals surface area contributed by atoms with Gasteiger partial charge < -0.3 is 0 Å². The van der Waals surface area contributed by atoms with Crippen LogP contribution in [0.15, 0.2) is 12.2 Å². The topological polar surface area (TPSA) is 34.1 Å². The maximum Gasteiger partial charge on any atom is 0.137 e. The zero-order chi connectivity index (χ0) is 18.7. The summed E-state index contributed by atoms with van der Waals surface area (Å²) in [5.74, 6) is 4.09. The summed E-state index contributed by atoms with van der Waals surface area (Å²) in [6.45, 7) is 9.42. The Labute approximate surface area is 159 Å². The number of carbonyl (C=O) groups is 2.